The van der Waals surface area contributed by atoms with Gasteiger partial charge in [-0.1, -0.05) is 13.8 Å². The zero-order valence-electron chi connectivity index (χ0n) is 9.77. The van der Waals surface area contributed by atoms with Crippen LogP contribution in [0.25, 0.3) is 6.01 Å². The molecule has 2 aromatic rings. The molecule has 0 fully saturated rings. The molecule has 2 aromatic heterocycles. The molecule has 5 nitrogen and oxygen atoms in total. The molecular formula is C11H16N4O. The van der Waals surface area contributed by atoms with Crippen LogP contribution >= 0.6 is 0 Å². The van der Waals surface area contributed by atoms with Crippen LogP contribution in [-0.4, -0.2) is 20.6 Å². The SMILES string of the molecule is Cc1nccn1-c1nc(CNC(C)C)co1. The smallest absolute Gasteiger partial charge is 0.307 e. The maximum Gasteiger partial charge on any atom is 0.307 e. The van der Waals surface area contributed by atoms with Gasteiger partial charge >= 0.3 is 6.01 Å². The van der Waals surface area contributed by atoms with Gasteiger partial charge in [-0.05, 0) is 6.92 Å². The maximum absolute atomic E-state index is 5.39. The van der Waals surface area contributed by atoms with Crippen LogP contribution in [0.2, 0.25) is 0 Å². The second-order valence-electron chi connectivity index (χ2n) is 4.00. The molecule has 0 atom stereocenters. The summed E-state index contributed by atoms with van der Waals surface area (Å²) in [7, 11) is 0. The third kappa shape index (κ3) is 2.30. The standard InChI is InChI=1S/C11H16N4O/c1-8(2)13-6-10-7-16-11(14-10)15-5-4-12-9(15)3/h4-5,7-8,13H,6H2,1-3H3. The molecule has 1 N–H and O–H groups in total. The molecule has 86 valence electrons. The van der Waals surface area contributed by atoms with Crippen LogP contribution in [0, 0.1) is 6.92 Å². The average molecular weight is 220 g/mol. The normalized spacial score (nSPS) is 11.2. The minimum absolute atomic E-state index is 0.440. The molecule has 2 heterocycles. The van der Waals surface area contributed by atoms with E-state index in [0.29, 0.717) is 12.1 Å². The lowest BCUT2D eigenvalue weighted by atomic mass is 10.4. The van der Waals surface area contributed by atoms with E-state index in [1.54, 1.807) is 12.5 Å². The molecule has 0 aliphatic carbocycles. The van der Waals surface area contributed by atoms with Gasteiger partial charge in [0.1, 0.15) is 12.1 Å². The van der Waals surface area contributed by atoms with Gasteiger partial charge in [-0.3, -0.25) is 4.57 Å². The number of aromatic nitrogens is 3. The lowest BCUT2D eigenvalue weighted by Gasteiger charge is -2.04. The third-order valence-electron chi connectivity index (χ3n) is 2.26. The van der Waals surface area contributed by atoms with Crippen molar-refractivity contribution in [1.82, 2.24) is 19.9 Å². The summed E-state index contributed by atoms with van der Waals surface area (Å²) in [6, 6.07) is 1.01. The van der Waals surface area contributed by atoms with Gasteiger partial charge in [-0.25, -0.2) is 4.98 Å². The molecular weight excluding hydrogens is 204 g/mol. The number of nitrogens with one attached hydrogen (secondary N) is 1. The Morgan fingerprint density at radius 2 is 2.31 bits per heavy atom. The van der Waals surface area contributed by atoms with Crippen molar-refractivity contribution in [2.24, 2.45) is 0 Å². The topological polar surface area (TPSA) is 55.9 Å². The molecule has 5 heteroatoms. The Bertz CT molecular complexity index is 458. The fraction of sp³-hybridized carbons (Fsp3) is 0.455. The molecule has 0 radical (unpaired) electrons. The van der Waals surface area contributed by atoms with Crippen molar-refractivity contribution >= 4 is 0 Å². The summed E-state index contributed by atoms with van der Waals surface area (Å²) in [5.41, 5.74) is 0.900. The van der Waals surface area contributed by atoms with Crippen LogP contribution < -0.4 is 5.32 Å². The Labute approximate surface area is 94.5 Å². The van der Waals surface area contributed by atoms with Crippen LogP contribution in [0.3, 0.4) is 0 Å². The summed E-state index contributed by atoms with van der Waals surface area (Å²) in [6.07, 6.45) is 5.23. The van der Waals surface area contributed by atoms with E-state index in [2.05, 4.69) is 29.1 Å². The van der Waals surface area contributed by atoms with Gasteiger partial charge in [0.15, 0.2) is 0 Å². The molecule has 0 unspecified atom stereocenters. The zero-order chi connectivity index (χ0) is 11.5. The minimum Gasteiger partial charge on any atom is -0.431 e. The van der Waals surface area contributed by atoms with Crippen LogP contribution in [0.4, 0.5) is 0 Å². The zero-order valence-corrected chi connectivity index (χ0v) is 9.77. The quantitative estimate of drug-likeness (QED) is 0.851. The van der Waals surface area contributed by atoms with Gasteiger partial charge in [0.05, 0.1) is 5.69 Å². The first kappa shape index (κ1) is 10.9. The molecule has 0 saturated carbocycles. The summed E-state index contributed by atoms with van der Waals surface area (Å²) in [4.78, 5) is 8.50. The molecule has 0 aliphatic heterocycles. The Kier molecular flexibility index (Phi) is 3.05. The Hall–Kier alpha value is -1.62. The van der Waals surface area contributed by atoms with Gasteiger partial charge in [0.2, 0.25) is 0 Å². The molecule has 0 spiro atoms. The highest BCUT2D eigenvalue weighted by atomic mass is 16.4. The number of rotatable bonds is 4. The van der Waals surface area contributed by atoms with E-state index in [0.717, 1.165) is 18.1 Å². The first-order valence-corrected chi connectivity index (χ1v) is 5.35. The predicted octanol–water partition coefficient (Wildman–Crippen LogP) is 1.67. The number of hydrogen-bond donors (Lipinski definition) is 1. The van der Waals surface area contributed by atoms with Gasteiger partial charge in [-0.2, -0.15) is 4.98 Å². The highest BCUT2D eigenvalue weighted by Crippen LogP contribution is 2.09. The van der Waals surface area contributed by atoms with Crippen molar-refractivity contribution in [2.45, 2.75) is 33.4 Å². The first-order chi connectivity index (χ1) is 7.66. The molecule has 0 aliphatic rings. The van der Waals surface area contributed by atoms with Gasteiger partial charge < -0.3 is 9.73 Å². The van der Waals surface area contributed by atoms with E-state index >= 15 is 0 Å². The van der Waals surface area contributed by atoms with E-state index in [1.807, 2.05) is 17.7 Å². The van der Waals surface area contributed by atoms with Gasteiger partial charge in [0, 0.05) is 25.0 Å². The van der Waals surface area contributed by atoms with Crippen LogP contribution in [0.15, 0.2) is 23.1 Å². The monoisotopic (exact) mass is 220 g/mol. The highest BCUT2D eigenvalue weighted by molar-refractivity contribution is 5.13. The van der Waals surface area contributed by atoms with Gasteiger partial charge in [-0.15, -0.1) is 0 Å². The van der Waals surface area contributed by atoms with E-state index in [-0.39, 0.29) is 0 Å². The fourth-order valence-corrected chi connectivity index (χ4v) is 1.38. The second-order valence-corrected chi connectivity index (χ2v) is 4.00. The van der Waals surface area contributed by atoms with Crippen LogP contribution in [-0.2, 0) is 6.54 Å². The molecule has 2 rings (SSSR count). The largest absolute Gasteiger partial charge is 0.431 e. The third-order valence-corrected chi connectivity index (χ3v) is 2.26. The Morgan fingerprint density at radius 1 is 1.50 bits per heavy atom. The number of nitrogens with zero attached hydrogens (tertiary/aromatic N) is 3. The predicted molar refractivity (Wildman–Crippen MR) is 60.3 cm³/mol. The number of aryl methyl sites for hydroxylation is 1. The maximum atomic E-state index is 5.39. The number of oxazole rings is 1. The van der Waals surface area contributed by atoms with E-state index in [9.17, 15) is 0 Å². The van der Waals surface area contributed by atoms with Crippen molar-refractivity contribution in [2.75, 3.05) is 0 Å². The van der Waals surface area contributed by atoms with Crippen LogP contribution in [0.5, 0.6) is 0 Å². The number of imidazole rings is 1. The van der Waals surface area contributed by atoms with Crippen molar-refractivity contribution in [3.05, 3.63) is 30.2 Å². The average Bonchev–Trinajstić information content (AvgIpc) is 2.83. The van der Waals surface area contributed by atoms with E-state index in [1.165, 1.54) is 0 Å². The summed E-state index contributed by atoms with van der Waals surface area (Å²) >= 11 is 0. The molecule has 0 bridgehead atoms. The van der Waals surface area contributed by atoms with Crippen molar-refractivity contribution in [3.8, 4) is 6.01 Å². The van der Waals surface area contributed by atoms with Crippen molar-refractivity contribution < 1.29 is 4.42 Å². The lowest BCUT2D eigenvalue weighted by Crippen LogP contribution is -2.21. The van der Waals surface area contributed by atoms with Gasteiger partial charge in [0.25, 0.3) is 0 Å². The number of hydrogen-bond acceptors (Lipinski definition) is 4. The second kappa shape index (κ2) is 4.49. The molecule has 0 amide bonds. The van der Waals surface area contributed by atoms with E-state index in [4.69, 9.17) is 4.42 Å². The van der Waals surface area contributed by atoms with Crippen molar-refractivity contribution in [1.29, 1.82) is 0 Å². The fourth-order valence-electron chi connectivity index (χ4n) is 1.38. The molecule has 0 aromatic carbocycles. The van der Waals surface area contributed by atoms with Crippen molar-refractivity contribution in [3.63, 3.8) is 0 Å². The summed E-state index contributed by atoms with van der Waals surface area (Å²) in [5, 5.41) is 3.29. The summed E-state index contributed by atoms with van der Waals surface area (Å²) in [5.74, 6) is 0.866. The summed E-state index contributed by atoms with van der Waals surface area (Å²) < 4.78 is 7.21. The minimum atomic E-state index is 0.440. The Morgan fingerprint density at radius 3 is 2.94 bits per heavy atom. The molecule has 16 heavy (non-hydrogen) atoms. The Balaban J connectivity index is 2.11. The lowest BCUT2D eigenvalue weighted by molar-refractivity contribution is 0.521. The molecule has 0 saturated heterocycles. The highest BCUT2D eigenvalue weighted by Gasteiger charge is 2.08. The van der Waals surface area contributed by atoms with Crippen LogP contribution in [0.1, 0.15) is 25.4 Å². The first-order valence-electron chi connectivity index (χ1n) is 5.35. The summed E-state index contributed by atoms with van der Waals surface area (Å²) in [6.45, 7) is 6.83. The van der Waals surface area contributed by atoms with E-state index < -0.39 is 0 Å².